The van der Waals surface area contributed by atoms with Crippen LogP contribution in [-0.4, -0.2) is 26.2 Å². The molecule has 1 atom stereocenters. The highest BCUT2D eigenvalue weighted by Crippen LogP contribution is 2.27. The summed E-state index contributed by atoms with van der Waals surface area (Å²) in [6.07, 6.45) is 0. The van der Waals surface area contributed by atoms with Gasteiger partial charge in [-0.2, -0.15) is 0 Å². The van der Waals surface area contributed by atoms with Crippen LogP contribution in [0.4, 0.5) is 21.5 Å². The van der Waals surface area contributed by atoms with Gasteiger partial charge < -0.3 is 15.1 Å². The summed E-state index contributed by atoms with van der Waals surface area (Å²) in [7, 11) is 0. The Morgan fingerprint density at radius 3 is 2.11 bits per heavy atom. The molecule has 28 heavy (non-hydrogen) atoms. The minimum atomic E-state index is -0.446. The predicted molar refractivity (Wildman–Crippen MR) is 111 cm³/mol. The molecule has 0 bridgehead atoms. The lowest BCUT2D eigenvalue weighted by atomic mass is 10.1. The zero-order chi connectivity index (χ0) is 19.7. The van der Waals surface area contributed by atoms with Gasteiger partial charge in [0.15, 0.2) is 0 Å². The van der Waals surface area contributed by atoms with Crippen molar-refractivity contribution in [2.75, 3.05) is 41.3 Å². The molecule has 1 fully saturated rings. The van der Waals surface area contributed by atoms with E-state index in [1.165, 1.54) is 12.1 Å². The first-order valence-electron chi connectivity index (χ1n) is 9.45. The maximum Gasteiger partial charge on any atom is 0.253 e. The van der Waals surface area contributed by atoms with E-state index >= 15 is 0 Å². The van der Waals surface area contributed by atoms with Crippen molar-refractivity contribution >= 4 is 17.1 Å². The van der Waals surface area contributed by atoms with Crippen LogP contribution in [0.5, 0.6) is 0 Å². The molecule has 0 aromatic heterocycles. The van der Waals surface area contributed by atoms with Gasteiger partial charge in [-0.15, -0.1) is 0 Å². The molecule has 0 aliphatic carbocycles. The summed E-state index contributed by atoms with van der Waals surface area (Å²) in [5.41, 5.74) is 2.06. The fraction of sp³-hybridized carbons (Fsp3) is 0.273. The quantitative estimate of drug-likeness (QED) is 0.691. The van der Waals surface area contributed by atoms with Crippen molar-refractivity contribution < 1.29 is 4.39 Å². The zero-order valence-corrected chi connectivity index (χ0v) is 15.7. The van der Waals surface area contributed by atoms with Gasteiger partial charge in [0.1, 0.15) is 17.2 Å². The molecule has 144 valence electrons. The molecule has 1 N–H and O–H groups in total. The molecule has 3 aromatic carbocycles. The molecule has 0 radical (unpaired) electrons. The van der Waals surface area contributed by atoms with E-state index in [4.69, 9.17) is 0 Å². The number of nitrogens with one attached hydrogen (secondary N) is 1. The normalized spacial score (nSPS) is 15.6. The van der Waals surface area contributed by atoms with Crippen molar-refractivity contribution in [1.29, 1.82) is 0 Å². The lowest BCUT2D eigenvalue weighted by Crippen LogP contribution is -2.51. The Balaban J connectivity index is 1.46. The van der Waals surface area contributed by atoms with Crippen molar-refractivity contribution in [3.05, 3.63) is 86.4 Å². The number of hydrogen-bond donors (Lipinski definition) is 1. The zero-order valence-electron chi connectivity index (χ0n) is 15.7. The summed E-state index contributed by atoms with van der Waals surface area (Å²) in [6.45, 7) is 4.66. The topological polar surface area (TPSA) is 52.6 Å². The summed E-state index contributed by atoms with van der Waals surface area (Å²) in [5.74, 6) is -0.255. The van der Waals surface area contributed by atoms with Gasteiger partial charge in [-0.05, 0) is 36.8 Å². The van der Waals surface area contributed by atoms with Crippen LogP contribution in [0.15, 0.2) is 64.2 Å². The van der Waals surface area contributed by atoms with Crippen LogP contribution in [0.25, 0.3) is 0 Å². The van der Waals surface area contributed by atoms with Crippen LogP contribution in [0, 0.1) is 5.82 Å². The standard InChI is InChI=1S/C22H22FN3O2/c1-15(16-5-3-2-4-6-16)24-19-20(22(28)21(19)27)26-13-11-25(12-14-26)18-9-7-17(23)8-10-18/h2-10,15,24H,11-14H2,1H3/t15-/m1/s1. The SMILES string of the molecule is C[C@@H](Nc1c(N2CCN(c3ccc(F)cc3)CC2)c(=O)c1=O)c1ccccc1. The predicted octanol–water partition coefficient (Wildman–Crippen LogP) is 2.92. The third kappa shape index (κ3) is 3.38. The average Bonchev–Trinajstić information content (AvgIpc) is 2.74. The van der Waals surface area contributed by atoms with Crippen LogP contribution in [0.2, 0.25) is 0 Å². The molecule has 0 saturated carbocycles. The Hall–Kier alpha value is -3.15. The van der Waals surface area contributed by atoms with E-state index in [1.54, 1.807) is 12.1 Å². The minimum Gasteiger partial charge on any atom is -0.373 e. The lowest BCUT2D eigenvalue weighted by Gasteiger charge is -2.38. The molecular formula is C22H22FN3O2. The van der Waals surface area contributed by atoms with Crippen molar-refractivity contribution in [2.45, 2.75) is 13.0 Å². The monoisotopic (exact) mass is 379 g/mol. The molecule has 1 heterocycles. The highest BCUT2D eigenvalue weighted by Gasteiger charge is 2.29. The van der Waals surface area contributed by atoms with Crippen LogP contribution < -0.4 is 26.0 Å². The van der Waals surface area contributed by atoms with Gasteiger partial charge in [-0.25, -0.2) is 4.39 Å². The smallest absolute Gasteiger partial charge is 0.253 e. The van der Waals surface area contributed by atoms with Crippen LogP contribution in [0.3, 0.4) is 0 Å². The summed E-state index contributed by atoms with van der Waals surface area (Å²) in [5, 5.41) is 3.22. The van der Waals surface area contributed by atoms with Crippen molar-refractivity contribution in [3.8, 4) is 0 Å². The average molecular weight is 379 g/mol. The number of piperazine rings is 1. The minimum absolute atomic E-state index is 0.0660. The third-order valence-electron chi connectivity index (χ3n) is 5.33. The van der Waals surface area contributed by atoms with Crippen LogP contribution in [0.1, 0.15) is 18.5 Å². The maximum absolute atomic E-state index is 13.1. The van der Waals surface area contributed by atoms with E-state index in [-0.39, 0.29) is 11.9 Å². The second-order valence-corrected chi connectivity index (χ2v) is 7.11. The Morgan fingerprint density at radius 1 is 0.857 bits per heavy atom. The molecule has 1 aliphatic heterocycles. The molecule has 4 rings (SSSR count). The van der Waals surface area contributed by atoms with Gasteiger partial charge in [-0.1, -0.05) is 30.3 Å². The lowest BCUT2D eigenvalue weighted by molar-refractivity contribution is 0.624. The summed E-state index contributed by atoms with van der Waals surface area (Å²) in [6, 6.07) is 16.2. The van der Waals surface area contributed by atoms with Crippen molar-refractivity contribution in [1.82, 2.24) is 0 Å². The molecule has 0 amide bonds. The van der Waals surface area contributed by atoms with Gasteiger partial charge in [0.25, 0.3) is 10.9 Å². The van der Waals surface area contributed by atoms with Gasteiger partial charge in [0, 0.05) is 37.9 Å². The summed E-state index contributed by atoms with van der Waals surface area (Å²) >= 11 is 0. The van der Waals surface area contributed by atoms with E-state index in [0.29, 0.717) is 37.6 Å². The van der Waals surface area contributed by atoms with E-state index in [0.717, 1.165) is 11.3 Å². The molecular weight excluding hydrogens is 357 g/mol. The number of nitrogens with zero attached hydrogens (tertiary/aromatic N) is 2. The number of benzene rings is 2. The largest absolute Gasteiger partial charge is 0.373 e. The highest BCUT2D eigenvalue weighted by molar-refractivity contribution is 5.76. The Labute approximate surface area is 162 Å². The first-order valence-corrected chi connectivity index (χ1v) is 9.45. The Kier molecular flexibility index (Phi) is 4.86. The van der Waals surface area contributed by atoms with Gasteiger partial charge >= 0.3 is 0 Å². The van der Waals surface area contributed by atoms with Crippen molar-refractivity contribution in [2.24, 2.45) is 0 Å². The Bertz CT molecular complexity index is 1020. The number of anilines is 3. The first-order chi connectivity index (χ1) is 13.5. The molecule has 1 saturated heterocycles. The molecule has 0 unspecified atom stereocenters. The fourth-order valence-corrected chi connectivity index (χ4v) is 3.70. The molecule has 1 aliphatic rings. The number of halogens is 1. The van der Waals surface area contributed by atoms with Crippen LogP contribution in [-0.2, 0) is 0 Å². The first kappa shape index (κ1) is 18.2. The maximum atomic E-state index is 13.1. The number of rotatable bonds is 5. The van der Waals surface area contributed by atoms with Gasteiger partial charge in [0.2, 0.25) is 0 Å². The molecule has 6 heteroatoms. The number of hydrogen-bond acceptors (Lipinski definition) is 5. The van der Waals surface area contributed by atoms with E-state index in [9.17, 15) is 14.0 Å². The van der Waals surface area contributed by atoms with Crippen molar-refractivity contribution in [3.63, 3.8) is 0 Å². The van der Waals surface area contributed by atoms with Gasteiger partial charge in [-0.3, -0.25) is 9.59 Å². The fourth-order valence-electron chi connectivity index (χ4n) is 3.70. The van der Waals surface area contributed by atoms with E-state index in [1.807, 2.05) is 42.2 Å². The van der Waals surface area contributed by atoms with E-state index < -0.39 is 10.9 Å². The third-order valence-corrected chi connectivity index (χ3v) is 5.33. The van der Waals surface area contributed by atoms with E-state index in [2.05, 4.69) is 10.2 Å². The van der Waals surface area contributed by atoms with Gasteiger partial charge in [0.05, 0.1) is 0 Å². The Morgan fingerprint density at radius 2 is 1.46 bits per heavy atom. The summed E-state index contributed by atoms with van der Waals surface area (Å²) < 4.78 is 13.1. The van der Waals surface area contributed by atoms with Crippen LogP contribution >= 0.6 is 0 Å². The molecule has 3 aromatic rings. The molecule has 0 spiro atoms. The molecule has 5 nitrogen and oxygen atoms in total. The second kappa shape index (κ2) is 7.46. The summed E-state index contributed by atoms with van der Waals surface area (Å²) in [4.78, 5) is 28.5. The highest BCUT2D eigenvalue weighted by atomic mass is 19.1. The second-order valence-electron chi connectivity index (χ2n) is 7.11.